The van der Waals surface area contributed by atoms with Gasteiger partial charge in [0.25, 0.3) is 0 Å². The van der Waals surface area contributed by atoms with Crippen molar-refractivity contribution in [1.82, 2.24) is 25.2 Å². The molecular weight excluding hydrogens is 687 g/mol. The van der Waals surface area contributed by atoms with Gasteiger partial charge in [0.05, 0.1) is 12.3 Å². The molecule has 0 aliphatic heterocycles. The average molecular weight is 728 g/mol. The van der Waals surface area contributed by atoms with Crippen LogP contribution in [0.5, 0.6) is 0 Å². The number of hydrogen-bond donors (Lipinski definition) is 1. The zero-order chi connectivity index (χ0) is 38.0. The highest BCUT2D eigenvalue weighted by Crippen LogP contribution is 2.43. The Morgan fingerprint density at radius 1 is 0.709 bits per heavy atom. The summed E-state index contributed by atoms with van der Waals surface area (Å²) in [5.74, 6) is -0.579. The smallest absolute Gasteiger partial charge is 0.397 e. The number of carbonyl (C=O) groups is 2. The molecule has 0 fully saturated rings. The molecular formula is C45H41N7O3. The highest BCUT2D eigenvalue weighted by molar-refractivity contribution is 6.37. The van der Waals surface area contributed by atoms with Gasteiger partial charge >= 0.3 is 11.9 Å². The van der Waals surface area contributed by atoms with Crippen LogP contribution in [-0.4, -0.2) is 50.2 Å². The van der Waals surface area contributed by atoms with Crippen LogP contribution in [0.3, 0.4) is 0 Å². The van der Waals surface area contributed by atoms with Crippen molar-refractivity contribution in [2.45, 2.75) is 32.4 Å². The number of nitrogens with zero attached hydrogens (tertiary/aromatic N) is 6. The number of amides is 1. The summed E-state index contributed by atoms with van der Waals surface area (Å²) < 4.78 is 6.84. The van der Waals surface area contributed by atoms with E-state index in [4.69, 9.17) is 15.0 Å². The number of benzene rings is 5. The molecule has 10 heteroatoms. The van der Waals surface area contributed by atoms with E-state index in [1.165, 1.54) is 0 Å². The van der Waals surface area contributed by atoms with Gasteiger partial charge in [-0.3, -0.25) is 4.79 Å². The van der Waals surface area contributed by atoms with Gasteiger partial charge in [0.1, 0.15) is 5.54 Å². The van der Waals surface area contributed by atoms with E-state index in [0.29, 0.717) is 30.4 Å². The normalized spacial score (nSPS) is 11.2. The van der Waals surface area contributed by atoms with Gasteiger partial charge in [-0.15, -0.1) is 5.10 Å². The Hall–Kier alpha value is -6.94. The third-order valence-electron chi connectivity index (χ3n) is 9.46. The number of ether oxygens (including phenoxy) is 1. The highest BCUT2D eigenvalue weighted by Gasteiger charge is 2.42. The molecule has 0 saturated carbocycles. The Balaban J connectivity index is 1.26. The number of carbonyl (C=O) groups excluding carboxylic acids is 2. The lowest BCUT2D eigenvalue weighted by Crippen LogP contribution is -2.39. The van der Waals surface area contributed by atoms with Crippen LogP contribution in [0.15, 0.2) is 158 Å². The molecule has 5 aromatic carbocycles. The van der Waals surface area contributed by atoms with E-state index in [0.717, 1.165) is 45.4 Å². The maximum Gasteiger partial charge on any atom is 0.397 e. The summed E-state index contributed by atoms with van der Waals surface area (Å²) >= 11 is 0. The summed E-state index contributed by atoms with van der Waals surface area (Å²) in [7, 11) is 0. The number of esters is 1. The monoisotopic (exact) mass is 727 g/mol. The van der Waals surface area contributed by atoms with Gasteiger partial charge in [0.2, 0.25) is 0 Å². The minimum absolute atomic E-state index is 0.113. The van der Waals surface area contributed by atoms with E-state index in [1.807, 2.05) is 71.4 Å². The van der Waals surface area contributed by atoms with Crippen LogP contribution in [0.25, 0.3) is 22.5 Å². The van der Waals surface area contributed by atoms with Crippen LogP contribution < -0.4 is 10.2 Å². The van der Waals surface area contributed by atoms with Crippen molar-refractivity contribution < 1.29 is 14.3 Å². The van der Waals surface area contributed by atoms with Crippen LogP contribution >= 0.6 is 0 Å². The van der Waals surface area contributed by atoms with Crippen molar-refractivity contribution in [2.75, 3.05) is 23.4 Å². The Kier molecular flexibility index (Phi) is 11.1. The van der Waals surface area contributed by atoms with Crippen LogP contribution in [0.4, 0.5) is 11.5 Å². The second kappa shape index (κ2) is 16.8. The van der Waals surface area contributed by atoms with Crippen molar-refractivity contribution in [3.05, 3.63) is 180 Å². The van der Waals surface area contributed by atoms with Crippen molar-refractivity contribution >= 4 is 23.4 Å². The Bertz CT molecular complexity index is 2250. The number of anilines is 2. The predicted molar refractivity (Wildman–Crippen MR) is 214 cm³/mol. The summed E-state index contributed by atoms with van der Waals surface area (Å²) in [6.07, 6.45) is 2.52. The lowest BCUT2D eigenvalue weighted by Gasteiger charge is -2.36. The molecule has 0 bridgehead atoms. The zero-order valence-corrected chi connectivity index (χ0v) is 30.7. The topological polar surface area (TPSA) is 115 Å². The first-order valence-corrected chi connectivity index (χ1v) is 18.4. The summed E-state index contributed by atoms with van der Waals surface area (Å²) in [6.45, 7) is 5.06. The maximum atomic E-state index is 12.5. The molecule has 55 heavy (non-hydrogen) atoms. The minimum Gasteiger partial charge on any atom is -0.459 e. The van der Waals surface area contributed by atoms with E-state index in [-0.39, 0.29) is 6.61 Å². The van der Waals surface area contributed by atoms with E-state index >= 15 is 0 Å². The molecule has 2 aromatic heterocycles. The van der Waals surface area contributed by atoms with Gasteiger partial charge in [-0.05, 0) is 69.3 Å². The largest absolute Gasteiger partial charge is 0.459 e. The number of rotatable bonds is 13. The molecule has 0 aliphatic rings. The first-order chi connectivity index (χ1) is 27.0. The molecule has 0 atom stereocenters. The Labute approximate surface area is 320 Å². The van der Waals surface area contributed by atoms with Crippen LogP contribution in [0.1, 0.15) is 42.5 Å². The van der Waals surface area contributed by atoms with E-state index in [1.54, 1.807) is 25.3 Å². The standard InChI is InChI=1S/C45H41N7O3/c1-3-31-51(42-40(25-16-30-46-42)47-43(53)44(54)55-4-2)32-33-26-28-34(29-27-33)38-23-14-15-24-39(38)41-48-49-50-52(41)45(35-17-8-5-9-18-35,36-19-10-6-11-20-36)37-21-12-7-13-22-37/h5-30H,3-4,31-32H2,1-2H3,(H,47,53). The SMILES string of the molecule is CCCN(Cc1ccc(-c2ccccc2-c2nnnn2C(c2ccccc2)(c2ccccc2)c2ccccc2)cc1)c1ncccc1NC(=O)C(=O)OCC. The number of nitrogens with one attached hydrogen (secondary N) is 1. The van der Waals surface area contributed by atoms with Crippen molar-refractivity contribution in [3.63, 3.8) is 0 Å². The molecule has 7 rings (SSSR count). The molecule has 7 aromatic rings. The van der Waals surface area contributed by atoms with Crippen molar-refractivity contribution in [2.24, 2.45) is 0 Å². The highest BCUT2D eigenvalue weighted by atomic mass is 16.5. The first kappa shape index (κ1) is 36.4. The molecule has 0 aliphatic carbocycles. The maximum absolute atomic E-state index is 12.5. The molecule has 1 N–H and O–H groups in total. The fraction of sp³-hybridized carbons (Fsp3) is 0.156. The minimum atomic E-state index is -0.935. The third kappa shape index (κ3) is 7.48. The third-order valence-corrected chi connectivity index (χ3v) is 9.46. The average Bonchev–Trinajstić information content (AvgIpc) is 3.73. The van der Waals surface area contributed by atoms with Gasteiger partial charge in [-0.1, -0.05) is 146 Å². The van der Waals surface area contributed by atoms with Gasteiger partial charge in [-0.25, -0.2) is 14.5 Å². The van der Waals surface area contributed by atoms with Gasteiger partial charge in [0.15, 0.2) is 11.6 Å². The number of tetrazole rings is 1. The van der Waals surface area contributed by atoms with E-state index in [9.17, 15) is 9.59 Å². The van der Waals surface area contributed by atoms with E-state index < -0.39 is 17.4 Å². The molecule has 274 valence electrons. The summed E-state index contributed by atoms with van der Waals surface area (Å²) in [4.78, 5) is 31.3. The fourth-order valence-corrected chi connectivity index (χ4v) is 7.07. The van der Waals surface area contributed by atoms with Crippen LogP contribution in [-0.2, 0) is 26.4 Å². The molecule has 0 unspecified atom stereocenters. The van der Waals surface area contributed by atoms with Gasteiger partial charge in [-0.2, -0.15) is 0 Å². The number of aromatic nitrogens is 5. The van der Waals surface area contributed by atoms with Crippen molar-refractivity contribution in [3.8, 4) is 22.5 Å². The second-order valence-corrected chi connectivity index (χ2v) is 12.9. The van der Waals surface area contributed by atoms with Gasteiger partial charge < -0.3 is 15.0 Å². The lowest BCUT2D eigenvalue weighted by molar-refractivity contribution is -0.152. The second-order valence-electron chi connectivity index (χ2n) is 12.9. The van der Waals surface area contributed by atoms with Crippen LogP contribution in [0.2, 0.25) is 0 Å². The molecule has 2 heterocycles. The fourth-order valence-electron chi connectivity index (χ4n) is 7.07. The zero-order valence-electron chi connectivity index (χ0n) is 30.7. The van der Waals surface area contributed by atoms with Crippen molar-refractivity contribution in [1.29, 1.82) is 0 Å². The predicted octanol–water partition coefficient (Wildman–Crippen LogP) is 8.16. The molecule has 0 radical (unpaired) electrons. The van der Waals surface area contributed by atoms with E-state index in [2.05, 4.69) is 100 Å². The Morgan fingerprint density at radius 2 is 1.29 bits per heavy atom. The lowest BCUT2D eigenvalue weighted by atomic mass is 9.77. The molecule has 1 amide bonds. The summed E-state index contributed by atoms with van der Waals surface area (Å²) in [5, 5.41) is 16.5. The molecule has 0 saturated heterocycles. The molecule has 10 nitrogen and oxygen atoms in total. The number of hydrogen-bond acceptors (Lipinski definition) is 8. The molecule has 0 spiro atoms. The first-order valence-electron chi connectivity index (χ1n) is 18.4. The van der Waals surface area contributed by atoms with Gasteiger partial charge in [0, 0.05) is 24.8 Å². The quantitative estimate of drug-likeness (QED) is 0.0719. The number of pyridine rings is 1. The Morgan fingerprint density at radius 3 is 1.87 bits per heavy atom. The summed E-state index contributed by atoms with van der Waals surface area (Å²) in [6, 6.07) is 51.1. The van der Waals surface area contributed by atoms with Crippen LogP contribution in [0, 0.1) is 0 Å². The summed E-state index contributed by atoms with van der Waals surface area (Å²) in [5.41, 5.74) is 6.54.